The number of carbonyl (C=O) groups is 1. The van der Waals surface area contributed by atoms with Crippen molar-refractivity contribution in [3.63, 3.8) is 0 Å². The van der Waals surface area contributed by atoms with Crippen LogP contribution in [0.2, 0.25) is 0 Å². The van der Waals surface area contributed by atoms with Crippen molar-refractivity contribution in [2.24, 2.45) is 5.92 Å². The van der Waals surface area contributed by atoms with Gasteiger partial charge in [0.2, 0.25) is 0 Å². The molecule has 1 N–H and O–H groups in total. The lowest BCUT2D eigenvalue weighted by atomic mass is 9.95. The quantitative estimate of drug-likeness (QED) is 0.899. The normalized spacial score (nSPS) is 18.9. The number of hydrogen-bond acceptors (Lipinski definition) is 3. The highest BCUT2D eigenvalue weighted by Crippen LogP contribution is 2.20. The van der Waals surface area contributed by atoms with E-state index >= 15 is 0 Å². The first-order chi connectivity index (χ1) is 9.79. The molecule has 0 aromatic heterocycles. The zero-order valence-electron chi connectivity index (χ0n) is 12.2. The number of ether oxygens (including phenoxy) is 1. The first kappa shape index (κ1) is 14.9. The summed E-state index contributed by atoms with van der Waals surface area (Å²) in [5.41, 5.74) is 1.03. The van der Waals surface area contributed by atoms with E-state index in [9.17, 15) is 4.79 Å². The third kappa shape index (κ3) is 4.53. The molecule has 1 saturated heterocycles. The van der Waals surface area contributed by atoms with Crippen LogP contribution in [0.5, 0.6) is 0 Å². The highest BCUT2D eigenvalue weighted by Gasteiger charge is 2.24. The van der Waals surface area contributed by atoms with Crippen LogP contribution in [0, 0.1) is 5.92 Å². The Morgan fingerprint density at radius 3 is 2.95 bits per heavy atom. The lowest BCUT2D eigenvalue weighted by molar-refractivity contribution is 0.0781. The van der Waals surface area contributed by atoms with Crippen LogP contribution in [0.3, 0.4) is 0 Å². The lowest BCUT2D eigenvalue weighted by Crippen LogP contribution is -2.40. The second-order valence-corrected chi connectivity index (χ2v) is 5.39. The van der Waals surface area contributed by atoms with Gasteiger partial charge in [-0.3, -0.25) is 0 Å². The van der Waals surface area contributed by atoms with Gasteiger partial charge < -0.3 is 15.0 Å². The minimum absolute atomic E-state index is 0.178. The fourth-order valence-corrected chi connectivity index (χ4v) is 2.63. The van der Waals surface area contributed by atoms with Crippen molar-refractivity contribution in [3.05, 3.63) is 35.9 Å². The topological polar surface area (TPSA) is 41.6 Å². The summed E-state index contributed by atoms with van der Waals surface area (Å²) in [6.07, 6.45) is 3.24. The molecule has 0 unspecified atom stereocenters. The van der Waals surface area contributed by atoms with Gasteiger partial charge in [0.1, 0.15) is 6.61 Å². The number of likely N-dealkylation sites (tertiary alicyclic amines) is 1. The molecule has 20 heavy (non-hydrogen) atoms. The van der Waals surface area contributed by atoms with Crippen molar-refractivity contribution in [2.45, 2.75) is 25.9 Å². The maximum absolute atomic E-state index is 12.1. The number of nitrogens with one attached hydrogen (secondary N) is 1. The average Bonchev–Trinajstić information content (AvgIpc) is 2.52. The fraction of sp³-hybridized carbons (Fsp3) is 0.562. The van der Waals surface area contributed by atoms with E-state index in [0.29, 0.717) is 12.5 Å². The molecule has 0 bridgehead atoms. The average molecular weight is 276 g/mol. The molecule has 110 valence electrons. The Labute approximate surface area is 121 Å². The van der Waals surface area contributed by atoms with Crippen molar-refractivity contribution < 1.29 is 9.53 Å². The standard InChI is InChI=1S/C16H24N2O2/c1-17-10-9-14-8-5-11-18(12-14)16(19)20-13-15-6-3-2-4-7-15/h2-4,6-7,14,17H,5,8-13H2,1H3/t14-/m1/s1. The molecule has 4 heteroatoms. The van der Waals surface area contributed by atoms with Crippen LogP contribution in [0.4, 0.5) is 4.79 Å². The van der Waals surface area contributed by atoms with Crippen LogP contribution in [-0.2, 0) is 11.3 Å². The molecule has 2 rings (SSSR count). The van der Waals surface area contributed by atoms with E-state index in [-0.39, 0.29) is 6.09 Å². The molecule has 1 amide bonds. The highest BCUT2D eigenvalue weighted by atomic mass is 16.6. The zero-order valence-corrected chi connectivity index (χ0v) is 12.2. The lowest BCUT2D eigenvalue weighted by Gasteiger charge is -2.32. The first-order valence-electron chi connectivity index (χ1n) is 7.40. The van der Waals surface area contributed by atoms with E-state index in [4.69, 9.17) is 4.74 Å². The Hall–Kier alpha value is -1.55. The summed E-state index contributed by atoms with van der Waals surface area (Å²) in [6.45, 7) is 3.02. The van der Waals surface area contributed by atoms with Gasteiger partial charge in [-0.15, -0.1) is 0 Å². The van der Waals surface area contributed by atoms with Gasteiger partial charge in [0.15, 0.2) is 0 Å². The summed E-state index contributed by atoms with van der Waals surface area (Å²) in [5, 5.41) is 3.17. The molecule has 0 spiro atoms. The van der Waals surface area contributed by atoms with Crippen molar-refractivity contribution in [1.29, 1.82) is 0 Å². The zero-order chi connectivity index (χ0) is 14.2. The minimum atomic E-state index is -0.178. The van der Waals surface area contributed by atoms with E-state index in [2.05, 4.69) is 5.32 Å². The van der Waals surface area contributed by atoms with Gasteiger partial charge >= 0.3 is 6.09 Å². The summed E-state index contributed by atoms with van der Waals surface area (Å²) in [6, 6.07) is 9.82. The van der Waals surface area contributed by atoms with Gasteiger partial charge in [-0.1, -0.05) is 30.3 Å². The predicted octanol–water partition coefficient (Wildman–Crippen LogP) is 2.64. The number of amides is 1. The molecule has 0 aliphatic carbocycles. The smallest absolute Gasteiger partial charge is 0.410 e. The second kappa shape index (κ2) is 7.90. The molecule has 0 radical (unpaired) electrons. The molecule has 1 aliphatic heterocycles. The SMILES string of the molecule is CNCC[C@H]1CCCN(C(=O)OCc2ccccc2)C1. The van der Waals surface area contributed by atoms with Crippen LogP contribution in [0.15, 0.2) is 30.3 Å². The summed E-state index contributed by atoms with van der Waals surface area (Å²) in [5.74, 6) is 0.598. The number of rotatable bonds is 5. The Morgan fingerprint density at radius 1 is 1.40 bits per heavy atom. The molecule has 1 fully saturated rings. The van der Waals surface area contributed by atoms with Crippen LogP contribution < -0.4 is 5.32 Å². The van der Waals surface area contributed by atoms with E-state index < -0.39 is 0 Å². The van der Waals surface area contributed by atoms with Crippen LogP contribution in [0.25, 0.3) is 0 Å². The summed E-state index contributed by atoms with van der Waals surface area (Å²) in [4.78, 5) is 13.9. The molecule has 4 nitrogen and oxygen atoms in total. The predicted molar refractivity (Wildman–Crippen MR) is 79.5 cm³/mol. The Balaban J connectivity index is 1.77. The van der Waals surface area contributed by atoms with Gasteiger partial charge in [0.05, 0.1) is 0 Å². The fourth-order valence-electron chi connectivity index (χ4n) is 2.63. The first-order valence-corrected chi connectivity index (χ1v) is 7.40. The third-order valence-corrected chi connectivity index (χ3v) is 3.78. The van der Waals surface area contributed by atoms with Crippen LogP contribution in [-0.4, -0.2) is 37.7 Å². The number of benzene rings is 1. The summed E-state index contributed by atoms with van der Waals surface area (Å²) >= 11 is 0. The monoisotopic (exact) mass is 276 g/mol. The van der Waals surface area contributed by atoms with Gasteiger partial charge in [0, 0.05) is 13.1 Å². The molecule has 1 aromatic rings. The van der Waals surface area contributed by atoms with E-state index in [1.54, 1.807) is 0 Å². The summed E-state index contributed by atoms with van der Waals surface area (Å²) in [7, 11) is 1.97. The van der Waals surface area contributed by atoms with Crippen molar-refractivity contribution in [2.75, 3.05) is 26.7 Å². The third-order valence-electron chi connectivity index (χ3n) is 3.78. The molecule has 1 aliphatic rings. The Bertz CT molecular complexity index is 408. The molecular formula is C16H24N2O2. The summed E-state index contributed by atoms with van der Waals surface area (Å²) < 4.78 is 5.39. The molecule has 0 saturated carbocycles. The Kier molecular flexibility index (Phi) is 5.87. The molecule has 1 atom stereocenters. The van der Waals surface area contributed by atoms with E-state index in [0.717, 1.165) is 38.0 Å². The molecule has 1 aromatic carbocycles. The number of piperidine rings is 1. The minimum Gasteiger partial charge on any atom is -0.445 e. The second-order valence-electron chi connectivity index (χ2n) is 5.39. The number of carbonyl (C=O) groups excluding carboxylic acids is 1. The molecular weight excluding hydrogens is 252 g/mol. The highest BCUT2D eigenvalue weighted by molar-refractivity contribution is 5.67. The van der Waals surface area contributed by atoms with Gasteiger partial charge in [0.25, 0.3) is 0 Å². The number of hydrogen-bond donors (Lipinski definition) is 1. The largest absolute Gasteiger partial charge is 0.445 e. The van der Waals surface area contributed by atoms with Gasteiger partial charge in [-0.25, -0.2) is 4.79 Å². The van der Waals surface area contributed by atoms with Crippen molar-refractivity contribution >= 4 is 6.09 Å². The van der Waals surface area contributed by atoms with Gasteiger partial charge in [-0.2, -0.15) is 0 Å². The molecule has 1 heterocycles. The Morgan fingerprint density at radius 2 is 2.20 bits per heavy atom. The maximum atomic E-state index is 12.1. The van der Waals surface area contributed by atoms with Crippen molar-refractivity contribution in [3.8, 4) is 0 Å². The van der Waals surface area contributed by atoms with Crippen LogP contribution >= 0.6 is 0 Å². The maximum Gasteiger partial charge on any atom is 0.410 e. The van der Waals surface area contributed by atoms with Gasteiger partial charge in [-0.05, 0) is 44.3 Å². The van der Waals surface area contributed by atoms with E-state index in [1.807, 2.05) is 42.3 Å². The van der Waals surface area contributed by atoms with E-state index in [1.165, 1.54) is 6.42 Å². The van der Waals surface area contributed by atoms with Crippen molar-refractivity contribution in [1.82, 2.24) is 10.2 Å². The number of nitrogens with zero attached hydrogens (tertiary/aromatic N) is 1. The van der Waals surface area contributed by atoms with Crippen LogP contribution in [0.1, 0.15) is 24.8 Å².